The Labute approximate surface area is 106 Å². The fourth-order valence-corrected chi connectivity index (χ4v) is 2.23. The number of carbonyl (C=O) groups excluding carboxylic acids is 3. The largest absolute Gasteiger partial charge is 0.459 e. The summed E-state index contributed by atoms with van der Waals surface area (Å²) in [5, 5.41) is 2.73. The van der Waals surface area contributed by atoms with Crippen LogP contribution < -0.4 is 5.32 Å². The average molecular weight is 257 g/mol. The highest BCUT2D eigenvalue weighted by Gasteiger charge is 2.38. The summed E-state index contributed by atoms with van der Waals surface area (Å²) in [7, 11) is 0. The number of hydrogen-bond acceptors (Lipinski definition) is 5. The first-order valence-electron chi connectivity index (χ1n) is 6.01. The lowest BCUT2D eigenvalue weighted by Gasteiger charge is -2.36. The van der Waals surface area contributed by atoms with Gasteiger partial charge >= 0.3 is 11.9 Å². The molecule has 6 heteroatoms. The summed E-state index contributed by atoms with van der Waals surface area (Å²) in [6.07, 6.45) is 1.05. The van der Waals surface area contributed by atoms with Crippen molar-refractivity contribution in [3.05, 3.63) is 0 Å². The molecule has 1 rings (SSSR count). The van der Waals surface area contributed by atoms with Crippen molar-refractivity contribution >= 4 is 17.8 Å². The van der Waals surface area contributed by atoms with E-state index in [1.54, 1.807) is 0 Å². The minimum absolute atomic E-state index is 0.194. The van der Waals surface area contributed by atoms with Crippen LogP contribution in [0.5, 0.6) is 0 Å². The molecule has 3 atom stereocenters. The van der Waals surface area contributed by atoms with Gasteiger partial charge in [0.1, 0.15) is 6.10 Å². The number of rotatable bonds is 3. The Morgan fingerprint density at radius 2 is 1.61 bits per heavy atom. The highest BCUT2D eigenvalue weighted by Crippen LogP contribution is 2.25. The lowest BCUT2D eigenvalue weighted by molar-refractivity contribution is -0.171. The molecule has 1 aliphatic carbocycles. The Balaban J connectivity index is 2.78. The summed E-state index contributed by atoms with van der Waals surface area (Å²) in [6, 6.07) is -0.301. The first kappa shape index (κ1) is 14.5. The van der Waals surface area contributed by atoms with Gasteiger partial charge in [0.05, 0.1) is 6.04 Å². The molecule has 102 valence electrons. The molecule has 0 aromatic heterocycles. The monoisotopic (exact) mass is 257 g/mol. The molecule has 6 nitrogen and oxygen atoms in total. The molecular weight excluding hydrogens is 238 g/mol. The van der Waals surface area contributed by atoms with Gasteiger partial charge in [0.25, 0.3) is 0 Å². The Morgan fingerprint density at radius 3 is 2.11 bits per heavy atom. The molecule has 0 aliphatic heterocycles. The number of esters is 2. The second kappa shape index (κ2) is 6.37. The fraction of sp³-hybridized carbons (Fsp3) is 0.750. The predicted molar refractivity (Wildman–Crippen MR) is 62.6 cm³/mol. The number of carbonyl (C=O) groups is 3. The number of nitrogens with one attached hydrogen (secondary N) is 1. The molecule has 1 fully saturated rings. The van der Waals surface area contributed by atoms with Crippen molar-refractivity contribution < 1.29 is 23.9 Å². The lowest BCUT2D eigenvalue weighted by atomic mass is 9.89. The molecule has 0 bridgehead atoms. The second-order valence-electron chi connectivity index (χ2n) is 4.46. The van der Waals surface area contributed by atoms with Gasteiger partial charge in [0.15, 0.2) is 6.10 Å². The van der Waals surface area contributed by atoms with Gasteiger partial charge in [-0.15, -0.1) is 0 Å². The summed E-state index contributed by atoms with van der Waals surface area (Å²) in [4.78, 5) is 33.2. The van der Waals surface area contributed by atoms with Crippen molar-refractivity contribution in [2.75, 3.05) is 0 Å². The van der Waals surface area contributed by atoms with Gasteiger partial charge in [-0.25, -0.2) is 0 Å². The van der Waals surface area contributed by atoms with Crippen molar-refractivity contribution in [1.82, 2.24) is 5.32 Å². The SMILES string of the molecule is CC(=O)N[C@@H]1CCC[C@@H](OC(C)=O)[C@H]1OC(C)=O. The van der Waals surface area contributed by atoms with Crippen LogP contribution in [0.25, 0.3) is 0 Å². The standard InChI is InChI=1S/C12H19NO5/c1-7(14)13-10-5-4-6-11(17-8(2)15)12(10)18-9(3)16/h10-12H,4-6H2,1-3H3,(H,13,14)/t10-,11-,12+/m1/s1. The van der Waals surface area contributed by atoms with Crippen LogP contribution in [0.4, 0.5) is 0 Å². The van der Waals surface area contributed by atoms with Gasteiger partial charge in [-0.3, -0.25) is 14.4 Å². The highest BCUT2D eigenvalue weighted by atomic mass is 16.6. The molecule has 1 amide bonds. The molecule has 0 saturated heterocycles. The van der Waals surface area contributed by atoms with Crippen molar-refractivity contribution in [2.45, 2.75) is 58.3 Å². The van der Waals surface area contributed by atoms with Gasteiger partial charge in [-0.05, 0) is 19.3 Å². The minimum atomic E-state index is -0.607. The van der Waals surface area contributed by atoms with Gasteiger partial charge in [0.2, 0.25) is 5.91 Å². The molecule has 0 aromatic carbocycles. The highest BCUT2D eigenvalue weighted by molar-refractivity contribution is 5.73. The van der Waals surface area contributed by atoms with E-state index in [4.69, 9.17) is 9.47 Å². The zero-order chi connectivity index (χ0) is 13.7. The predicted octanol–water partition coefficient (Wildman–Crippen LogP) is 0.538. The maximum atomic E-state index is 11.1. The lowest BCUT2D eigenvalue weighted by Crippen LogP contribution is -2.53. The molecule has 0 radical (unpaired) electrons. The Morgan fingerprint density at radius 1 is 1.00 bits per heavy atom. The summed E-state index contributed by atoms with van der Waals surface area (Å²) < 4.78 is 10.3. The van der Waals surface area contributed by atoms with Crippen molar-refractivity contribution in [1.29, 1.82) is 0 Å². The van der Waals surface area contributed by atoms with E-state index in [2.05, 4.69) is 5.32 Å². The first-order valence-corrected chi connectivity index (χ1v) is 6.01. The minimum Gasteiger partial charge on any atom is -0.459 e. The smallest absolute Gasteiger partial charge is 0.303 e. The molecule has 1 saturated carbocycles. The first-order chi connectivity index (χ1) is 8.40. The molecule has 0 heterocycles. The van der Waals surface area contributed by atoms with Gasteiger partial charge in [-0.1, -0.05) is 0 Å². The fourth-order valence-electron chi connectivity index (χ4n) is 2.23. The van der Waals surface area contributed by atoms with E-state index in [0.717, 1.165) is 6.42 Å². The van der Waals surface area contributed by atoms with Crippen molar-refractivity contribution in [3.63, 3.8) is 0 Å². The summed E-state index contributed by atoms with van der Waals surface area (Å²) in [5.41, 5.74) is 0. The molecular formula is C12H19NO5. The summed E-state index contributed by atoms with van der Waals surface area (Å²) in [6.45, 7) is 4.01. The number of hydrogen-bond donors (Lipinski definition) is 1. The van der Waals surface area contributed by atoms with Crippen LogP contribution in [0.1, 0.15) is 40.0 Å². The second-order valence-corrected chi connectivity index (χ2v) is 4.46. The average Bonchev–Trinajstić information content (AvgIpc) is 2.20. The van der Waals surface area contributed by atoms with Crippen LogP contribution in [-0.2, 0) is 23.9 Å². The maximum Gasteiger partial charge on any atom is 0.303 e. The van der Waals surface area contributed by atoms with Gasteiger partial charge < -0.3 is 14.8 Å². The summed E-state index contributed by atoms with van der Waals surface area (Å²) in [5.74, 6) is -1.06. The zero-order valence-corrected chi connectivity index (χ0v) is 10.9. The topological polar surface area (TPSA) is 81.7 Å². The maximum absolute atomic E-state index is 11.1. The molecule has 0 aromatic rings. The molecule has 1 N–H and O–H groups in total. The van der Waals surface area contributed by atoms with E-state index in [1.807, 2.05) is 0 Å². The van der Waals surface area contributed by atoms with E-state index >= 15 is 0 Å². The Kier molecular flexibility index (Phi) is 5.12. The van der Waals surface area contributed by atoms with Crippen LogP contribution in [0.2, 0.25) is 0 Å². The molecule has 18 heavy (non-hydrogen) atoms. The van der Waals surface area contributed by atoms with Gasteiger partial charge in [-0.2, -0.15) is 0 Å². The number of ether oxygens (including phenoxy) is 2. The van der Waals surface area contributed by atoms with Crippen LogP contribution in [-0.4, -0.2) is 36.1 Å². The molecule has 1 aliphatic rings. The van der Waals surface area contributed by atoms with E-state index in [9.17, 15) is 14.4 Å². The van der Waals surface area contributed by atoms with E-state index < -0.39 is 24.1 Å². The van der Waals surface area contributed by atoms with Crippen LogP contribution in [0.15, 0.2) is 0 Å². The third kappa shape index (κ3) is 4.35. The normalized spacial score (nSPS) is 27.2. The van der Waals surface area contributed by atoms with Gasteiger partial charge in [0, 0.05) is 20.8 Å². The third-order valence-corrected chi connectivity index (χ3v) is 2.77. The summed E-state index contributed by atoms with van der Waals surface area (Å²) >= 11 is 0. The van der Waals surface area contributed by atoms with Crippen LogP contribution >= 0.6 is 0 Å². The third-order valence-electron chi connectivity index (χ3n) is 2.77. The van der Waals surface area contributed by atoms with Crippen LogP contribution in [0, 0.1) is 0 Å². The Hall–Kier alpha value is -1.59. The van der Waals surface area contributed by atoms with Crippen molar-refractivity contribution in [2.24, 2.45) is 0 Å². The van der Waals surface area contributed by atoms with Crippen molar-refractivity contribution in [3.8, 4) is 0 Å². The number of amides is 1. The molecule has 0 unspecified atom stereocenters. The van der Waals surface area contributed by atoms with E-state index in [0.29, 0.717) is 12.8 Å². The van der Waals surface area contributed by atoms with Crippen LogP contribution in [0.3, 0.4) is 0 Å². The Bertz CT molecular complexity index is 317. The van der Waals surface area contributed by atoms with E-state index in [1.165, 1.54) is 20.8 Å². The quantitative estimate of drug-likeness (QED) is 0.746. The zero-order valence-electron chi connectivity index (χ0n) is 10.9. The molecule has 0 spiro atoms. The van der Waals surface area contributed by atoms with E-state index in [-0.39, 0.29) is 11.9 Å².